The predicted octanol–water partition coefficient (Wildman–Crippen LogP) is 5.46. The van der Waals surface area contributed by atoms with Crippen molar-refractivity contribution in [2.75, 3.05) is 0 Å². The van der Waals surface area contributed by atoms with E-state index in [9.17, 15) is 8.42 Å². The van der Waals surface area contributed by atoms with Gasteiger partial charge < -0.3 is 0 Å². The number of hydrogen-bond donors (Lipinski definition) is 0. The topological polar surface area (TPSA) is 37.4 Å². The molecule has 0 unspecified atom stereocenters. The van der Waals surface area contributed by atoms with Gasteiger partial charge in [-0.1, -0.05) is 60.7 Å². The highest BCUT2D eigenvalue weighted by Gasteiger charge is 2.27. The van der Waals surface area contributed by atoms with Gasteiger partial charge in [0.25, 0.3) is 0 Å². The van der Waals surface area contributed by atoms with E-state index in [2.05, 4.69) is 15.9 Å². The third kappa shape index (κ3) is 4.67. The van der Waals surface area contributed by atoms with Crippen molar-refractivity contribution in [3.05, 3.63) is 99.5 Å². The van der Waals surface area contributed by atoms with Crippen LogP contribution < -0.4 is 0 Å². The Hall–Kier alpha value is -1.95. The first-order valence-electron chi connectivity index (χ1n) is 8.72. The Balaban J connectivity index is 2.04. The van der Waals surface area contributed by atoms with Crippen molar-refractivity contribution in [1.29, 1.82) is 0 Å². The molecule has 140 valence electrons. The van der Waals surface area contributed by atoms with Crippen LogP contribution in [0.5, 0.6) is 0 Å². The Morgan fingerprint density at radius 3 is 1.70 bits per heavy atom. The average molecular weight is 444 g/mol. The zero-order valence-electron chi connectivity index (χ0n) is 15.4. The summed E-state index contributed by atoms with van der Waals surface area (Å²) in [5.41, 5.74) is 3.92. The molecule has 3 rings (SSSR count). The molecule has 0 amide bonds. The van der Waals surface area contributed by atoms with E-state index in [1.165, 1.54) is 4.31 Å². The summed E-state index contributed by atoms with van der Waals surface area (Å²) in [6.07, 6.45) is 0. The molecule has 27 heavy (non-hydrogen) atoms. The molecule has 0 heterocycles. The van der Waals surface area contributed by atoms with Gasteiger partial charge in [-0.25, -0.2) is 8.42 Å². The van der Waals surface area contributed by atoms with Crippen LogP contribution >= 0.6 is 15.9 Å². The molecule has 3 nitrogen and oxygen atoms in total. The minimum Gasteiger partial charge on any atom is -0.207 e. The van der Waals surface area contributed by atoms with Gasteiger partial charge in [-0.15, -0.1) is 0 Å². The lowest BCUT2D eigenvalue weighted by molar-refractivity contribution is 0.401. The van der Waals surface area contributed by atoms with E-state index < -0.39 is 10.0 Å². The van der Waals surface area contributed by atoms with Gasteiger partial charge in [0.15, 0.2) is 0 Å². The van der Waals surface area contributed by atoms with Crippen LogP contribution in [-0.4, -0.2) is 12.7 Å². The molecule has 5 heteroatoms. The number of halogens is 1. The lowest BCUT2D eigenvalue weighted by Gasteiger charge is -2.24. The lowest BCUT2D eigenvalue weighted by Crippen LogP contribution is -2.30. The Morgan fingerprint density at radius 2 is 1.22 bits per heavy atom. The molecule has 0 N–H and O–H groups in total. The molecule has 0 bridgehead atoms. The summed E-state index contributed by atoms with van der Waals surface area (Å²) in [6, 6.07) is 23.0. The highest BCUT2D eigenvalue weighted by Crippen LogP contribution is 2.30. The van der Waals surface area contributed by atoms with Crippen molar-refractivity contribution in [1.82, 2.24) is 4.31 Å². The fourth-order valence-corrected chi connectivity index (χ4v) is 5.51. The van der Waals surface area contributed by atoms with E-state index >= 15 is 0 Å². The van der Waals surface area contributed by atoms with Crippen LogP contribution in [0.3, 0.4) is 0 Å². The van der Waals surface area contributed by atoms with Gasteiger partial charge in [0, 0.05) is 17.6 Å². The van der Waals surface area contributed by atoms with Gasteiger partial charge >= 0.3 is 0 Å². The van der Waals surface area contributed by atoms with E-state index in [0.29, 0.717) is 22.5 Å². The van der Waals surface area contributed by atoms with Crippen LogP contribution in [-0.2, 0) is 23.1 Å². The molecular formula is C22H22BrNO2S. The molecule has 0 aromatic heterocycles. The van der Waals surface area contributed by atoms with Gasteiger partial charge in [0.1, 0.15) is 0 Å². The normalized spacial score (nSPS) is 11.7. The standard InChI is InChI=1S/C22H22BrNO2S/c1-17-13-21(23)22(14-18(17)2)27(25,26)24(15-19-9-5-3-6-10-19)16-20-11-7-4-8-12-20/h3-14H,15-16H2,1-2H3. The second kappa shape index (κ2) is 8.38. The van der Waals surface area contributed by atoms with Crippen LogP contribution in [0.1, 0.15) is 22.3 Å². The first-order valence-corrected chi connectivity index (χ1v) is 11.0. The van der Waals surface area contributed by atoms with Gasteiger partial charge in [-0.3, -0.25) is 0 Å². The van der Waals surface area contributed by atoms with Gasteiger partial charge in [-0.2, -0.15) is 4.31 Å². The summed E-state index contributed by atoms with van der Waals surface area (Å²) < 4.78 is 29.2. The predicted molar refractivity (Wildman–Crippen MR) is 113 cm³/mol. The van der Waals surface area contributed by atoms with Gasteiger partial charge in [0.2, 0.25) is 10.0 Å². The minimum absolute atomic E-state index is 0.303. The van der Waals surface area contributed by atoms with Gasteiger partial charge in [0.05, 0.1) is 4.90 Å². The summed E-state index contributed by atoms with van der Waals surface area (Å²) >= 11 is 3.45. The molecule has 0 aliphatic carbocycles. The van der Waals surface area contributed by atoms with Crippen molar-refractivity contribution in [3.63, 3.8) is 0 Å². The molecule has 0 saturated carbocycles. The van der Waals surface area contributed by atoms with Crippen LogP contribution in [0.25, 0.3) is 0 Å². The number of aryl methyl sites for hydroxylation is 2. The minimum atomic E-state index is -3.68. The molecular weight excluding hydrogens is 422 g/mol. The fraction of sp³-hybridized carbons (Fsp3) is 0.182. The third-order valence-corrected chi connectivity index (χ3v) is 7.32. The number of rotatable bonds is 6. The molecule has 0 fully saturated rings. The first kappa shape index (κ1) is 19.8. The van der Waals surface area contributed by atoms with Crippen LogP contribution in [0.15, 0.2) is 82.2 Å². The lowest BCUT2D eigenvalue weighted by atomic mass is 10.1. The Labute approximate surface area is 169 Å². The molecule has 3 aromatic carbocycles. The monoisotopic (exact) mass is 443 g/mol. The quantitative estimate of drug-likeness (QED) is 0.507. The number of benzene rings is 3. The SMILES string of the molecule is Cc1cc(Br)c(S(=O)(=O)N(Cc2ccccc2)Cc2ccccc2)cc1C. The fourth-order valence-electron chi connectivity index (χ4n) is 2.89. The van der Waals surface area contributed by atoms with Crippen molar-refractivity contribution in [2.45, 2.75) is 31.8 Å². The largest absolute Gasteiger partial charge is 0.244 e. The first-order chi connectivity index (χ1) is 12.9. The number of nitrogens with zero attached hydrogens (tertiary/aromatic N) is 1. The summed E-state index contributed by atoms with van der Waals surface area (Å²) in [4.78, 5) is 0.303. The summed E-state index contributed by atoms with van der Waals surface area (Å²) in [6.45, 7) is 4.54. The number of sulfonamides is 1. The van der Waals surface area contributed by atoms with Crippen molar-refractivity contribution in [3.8, 4) is 0 Å². The van der Waals surface area contributed by atoms with E-state index in [4.69, 9.17) is 0 Å². The Morgan fingerprint density at radius 1 is 0.778 bits per heavy atom. The maximum absolute atomic E-state index is 13.5. The maximum atomic E-state index is 13.5. The molecule has 0 aliphatic rings. The zero-order valence-corrected chi connectivity index (χ0v) is 17.8. The Kier molecular flexibility index (Phi) is 6.15. The summed E-state index contributed by atoms with van der Waals surface area (Å²) in [7, 11) is -3.68. The van der Waals surface area contributed by atoms with Crippen molar-refractivity contribution >= 4 is 26.0 Å². The highest BCUT2D eigenvalue weighted by molar-refractivity contribution is 9.10. The molecule has 0 radical (unpaired) electrons. The molecule has 0 atom stereocenters. The van der Waals surface area contributed by atoms with Crippen LogP contribution in [0.4, 0.5) is 0 Å². The zero-order chi connectivity index (χ0) is 19.4. The molecule has 3 aromatic rings. The average Bonchev–Trinajstić information content (AvgIpc) is 2.66. The van der Waals surface area contributed by atoms with Crippen LogP contribution in [0.2, 0.25) is 0 Å². The maximum Gasteiger partial charge on any atom is 0.244 e. The van der Waals surface area contributed by atoms with Crippen molar-refractivity contribution < 1.29 is 8.42 Å². The van der Waals surface area contributed by atoms with E-state index in [1.54, 1.807) is 6.07 Å². The Bertz CT molecular complexity index is 977. The van der Waals surface area contributed by atoms with E-state index in [1.807, 2.05) is 80.6 Å². The van der Waals surface area contributed by atoms with Crippen molar-refractivity contribution in [2.24, 2.45) is 0 Å². The van der Waals surface area contributed by atoms with Gasteiger partial charge in [-0.05, 0) is 64.2 Å². The van der Waals surface area contributed by atoms with E-state index in [-0.39, 0.29) is 0 Å². The highest BCUT2D eigenvalue weighted by atomic mass is 79.9. The molecule has 0 saturated heterocycles. The van der Waals surface area contributed by atoms with E-state index in [0.717, 1.165) is 22.3 Å². The second-order valence-electron chi connectivity index (χ2n) is 6.61. The third-order valence-electron chi connectivity index (χ3n) is 4.57. The smallest absolute Gasteiger partial charge is 0.207 e. The summed E-state index contributed by atoms with van der Waals surface area (Å²) in [5.74, 6) is 0. The summed E-state index contributed by atoms with van der Waals surface area (Å²) in [5, 5.41) is 0. The molecule has 0 spiro atoms. The second-order valence-corrected chi connectivity index (χ2v) is 9.37. The number of hydrogen-bond acceptors (Lipinski definition) is 2. The molecule has 0 aliphatic heterocycles. The van der Waals surface area contributed by atoms with Crippen LogP contribution in [0, 0.1) is 13.8 Å².